The molecule has 3 heteroatoms. The Labute approximate surface area is 74.8 Å². The maximum Gasteiger partial charge on any atom is 0.123 e. The lowest BCUT2D eigenvalue weighted by Gasteiger charge is -1.96. The van der Waals surface area contributed by atoms with Gasteiger partial charge in [0.25, 0.3) is 0 Å². The maximum absolute atomic E-state index is 12.4. The van der Waals surface area contributed by atoms with Crippen molar-refractivity contribution < 1.29 is 4.39 Å². The van der Waals surface area contributed by atoms with Crippen LogP contribution in [-0.2, 0) is 0 Å². The van der Waals surface area contributed by atoms with Crippen LogP contribution in [0.25, 0.3) is 0 Å². The summed E-state index contributed by atoms with van der Waals surface area (Å²) in [6.45, 7) is 0. The molecular formula is C8H8ClFS. The minimum Gasteiger partial charge on any atom is -0.207 e. The summed E-state index contributed by atoms with van der Waals surface area (Å²) < 4.78 is 12.4. The van der Waals surface area contributed by atoms with Gasteiger partial charge in [-0.05, 0) is 24.3 Å². The molecule has 0 N–H and O–H groups in total. The summed E-state index contributed by atoms with van der Waals surface area (Å²) >= 11 is 7.12. The molecule has 0 aliphatic heterocycles. The van der Waals surface area contributed by atoms with Gasteiger partial charge in [-0.2, -0.15) is 0 Å². The van der Waals surface area contributed by atoms with Crippen LogP contribution in [0.2, 0.25) is 0 Å². The Hall–Kier alpha value is -0.210. The molecule has 0 aliphatic rings. The zero-order chi connectivity index (χ0) is 8.10. The van der Waals surface area contributed by atoms with Gasteiger partial charge in [-0.15, -0.1) is 23.4 Å². The highest BCUT2D eigenvalue weighted by atomic mass is 35.5. The summed E-state index contributed by atoms with van der Waals surface area (Å²) in [6, 6.07) is 6.42. The highest BCUT2D eigenvalue weighted by Crippen LogP contribution is 2.17. The molecule has 0 heterocycles. The third-order valence-corrected chi connectivity index (χ3v) is 2.59. The van der Waals surface area contributed by atoms with Crippen LogP contribution in [0.5, 0.6) is 0 Å². The van der Waals surface area contributed by atoms with Crippen LogP contribution in [0.15, 0.2) is 29.2 Å². The lowest BCUT2D eigenvalue weighted by atomic mass is 10.4. The van der Waals surface area contributed by atoms with Crippen molar-refractivity contribution in [3.8, 4) is 0 Å². The molecule has 60 valence electrons. The largest absolute Gasteiger partial charge is 0.207 e. The number of halogens is 2. The molecule has 1 aromatic rings. The van der Waals surface area contributed by atoms with Gasteiger partial charge in [0.15, 0.2) is 0 Å². The van der Waals surface area contributed by atoms with Gasteiger partial charge in [0.2, 0.25) is 0 Å². The fraction of sp³-hybridized carbons (Fsp3) is 0.250. The SMILES string of the molecule is Fc1ccc(SCCCl)cc1. The molecule has 0 saturated heterocycles. The van der Waals surface area contributed by atoms with Crippen LogP contribution in [0.3, 0.4) is 0 Å². The van der Waals surface area contributed by atoms with Crippen molar-refractivity contribution in [3.63, 3.8) is 0 Å². The number of benzene rings is 1. The number of alkyl halides is 1. The Morgan fingerprint density at radius 3 is 2.45 bits per heavy atom. The van der Waals surface area contributed by atoms with Crippen LogP contribution < -0.4 is 0 Å². The first-order valence-electron chi connectivity index (χ1n) is 3.27. The molecule has 11 heavy (non-hydrogen) atoms. The van der Waals surface area contributed by atoms with Gasteiger partial charge in [-0.25, -0.2) is 4.39 Å². The first-order chi connectivity index (χ1) is 5.33. The first kappa shape index (κ1) is 8.88. The number of hydrogen-bond donors (Lipinski definition) is 0. The first-order valence-corrected chi connectivity index (χ1v) is 4.79. The summed E-state index contributed by atoms with van der Waals surface area (Å²) in [5, 5.41) is 0. The van der Waals surface area contributed by atoms with E-state index in [1.165, 1.54) is 12.1 Å². The second-order valence-corrected chi connectivity index (χ2v) is 3.54. The highest BCUT2D eigenvalue weighted by molar-refractivity contribution is 7.99. The molecule has 0 bridgehead atoms. The van der Waals surface area contributed by atoms with Crippen molar-refractivity contribution in [1.29, 1.82) is 0 Å². The van der Waals surface area contributed by atoms with Crippen molar-refractivity contribution in [3.05, 3.63) is 30.1 Å². The number of rotatable bonds is 3. The molecule has 1 aromatic carbocycles. The zero-order valence-electron chi connectivity index (χ0n) is 5.89. The van der Waals surface area contributed by atoms with Crippen LogP contribution in [0.1, 0.15) is 0 Å². The lowest BCUT2D eigenvalue weighted by molar-refractivity contribution is 0.626. The molecule has 0 aromatic heterocycles. The number of thioether (sulfide) groups is 1. The highest BCUT2D eigenvalue weighted by Gasteiger charge is 1.92. The van der Waals surface area contributed by atoms with Crippen molar-refractivity contribution >= 4 is 23.4 Å². The molecule has 0 atom stereocenters. The van der Waals surface area contributed by atoms with E-state index in [-0.39, 0.29) is 5.82 Å². The Morgan fingerprint density at radius 2 is 1.91 bits per heavy atom. The van der Waals surface area contributed by atoms with Crippen LogP contribution in [-0.4, -0.2) is 11.6 Å². The zero-order valence-corrected chi connectivity index (χ0v) is 7.46. The van der Waals surface area contributed by atoms with Crippen molar-refractivity contribution in [1.82, 2.24) is 0 Å². The summed E-state index contributed by atoms with van der Waals surface area (Å²) in [7, 11) is 0. The minimum absolute atomic E-state index is 0.194. The van der Waals surface area contributed by atoms with Gasteiger partial charge < -0.3 is 0 Å². The molecule has 0 aliphatic carbocycles. The molecule has 0 spiro atoms. The predicted molar refractivity (Wildman–Crippen MR) is 47.8 cm³/mol. The quantitative estimate of drug-likeness (QED) is 0.521. The van der Waals surface area contributed by atoms with Crippen molar-refractivity contribution in [2.45, 2.75) is 4.90 Å². The Morgan fingerprint density at radius 1 is 1.27 bits per heavy atom. The predicted octanol–water partition coefficient (Wildman–Crippen LogP) is 3.16. The van der Waals surface area contributed by atoms with E-state index in [2.05, 4.69) is 0 Å². The Bertz CT molecular complexity index is 210. The van der Waals surface area contributed by atoms with E-state index in [9.17, 15) is 4.39 Å². The molecule has 1 rings (SSSR count). The lowest BCUT2D eigenvalue weighted by Crippen LogP contribution is -1.79. The average molecular weight is 191 g/mol. The Balaban J connectivity index is 2.52. The molecule has 0 unspecified atom stereocenters. The van der Waals surface area contributed by atoms with E-state index < -0.39 is 0 Å². The van der Waals surface area contributed by atoms with Gasteiger partial charge in [-0.1, -0.05) is 0 Å². The summed E-state index contributed by atoms with van der Waals surface area (Å²) in [5.74, 6) is 1.30. The van der Waals surface area contributed by atoms with Gasteiger partial charge in [-0.3, -0.25) is 0 Å². The van der Waals surface area contributed by atoms with Gasteiger partial charge >= 0.3 is 0 Å². The summed E-state index contributed by atoms with van der Waals surface area (Å²) in [4.78, 5) is 1.06. The molecule has 0 saturated carbocycles. The fourth-order valence-corrected chi connectivity index (χ4v) is 1.56. The third-order valence-electron chi connectivity index (χ3n) is 1.16. The second-order valence-electron chi connectivity index (χ2n) is 1.99. The maximum atomic E-state index is 12.4. The van der Waals surface area contributed by atoms with E-state index in [1.807, 2.05) is 0 Å². The second kappa shape index (κ2) is 4.62. The van der Waals surface area contributed by atoms with E-state index >= 15 is 0 Å². The monoisotopic (exact) mass is 190 g/mol. The average Bonchev–Trinajstić information content (AvgIpc) is 2.04. The molecule has 0 radical (unpaired) electrons. The van der Waals surface area contributed by atoms with E-state index in [4.69, 9.17) is 11.6 Å². The van der Waals surface area contributed by atoms with Crippen molar-refractivity contribution in [2.24, 2.45) is 0 Å². The van der Waals surface area contributed by atoms with Crippen LogP contribution >= 0.6 is 23.4 Å². The molecule has 0 amide bonds. The molecule has 0 fully saturated rings. The summed E-state index contributed by atoms with van der Waals surface area (Å²) in [5.41, 5.74) is 0. The summed E-state index contributed by atoms with van der Waals surface area (Å²) in [6.07, 6.45) is 0. The van der Waals surface area contributed by atoms with E-state index in [0.29, 0.717) is 5.88 Å². The molecule has 0 nitrogen and oxygen atoms in total. The standard InChI is InChI=1S/C8H8ClFS/c9-5-6-11-8-3-1-7(10)2-4-8/h1-4H,5-6H2. The number of hydrogen-bond acceptors (Lipinski definition) is 1. The Kier molecular flexibility index (Phi) is 3.73. The third kappa shape index (κ3) is 3.12. The van der Waals surface area contributed by atoms with Crippen LogP contribution in [0.4, 0.5) is 4.39 Å². The smallest absolute Gasteiger partial charge is 0.123 e. The van der Waals surface area contributed by atoms with E-state index in [1.54, 1.807) is 23.9 Å². The van der Waals surface area contributed by atoms with Gasteiger partial charge in [0, 0.05) is 16.5 Å². The van der Waals surface area contributed by atoms with Crippen LogP contribution in [0, 0.1) is 5.82 Å². The van der Waals surface area contributed by atoms with Gasteiger partial charge in [0.05, 0.1) is 0 Å². The van der Waals surface area contributed by atoms with E-state index in [0.717, 1.165) is 10.6 Å². The topological polar surface area (TPSA) is 0 Å². The molecular weight excluding hydrogens is 183 g/mol. The minimum atomic E-state index is -0.194. The van der Waals surface area contributed by atoms with Gasteiger partial charge in [0.1, 0.15) is 5.82 Å². The normalized spacial score (nSPS) is 10.0. The fourth-order valence-electron chi connectivity index (χ4n) is 0.687. The van der Waals surface area contributed by atoms with Crippen molar-refractivity contribution in [2.75, 3.05) is 11.6 Å².